The predicted molar refractivity (Wildman–Crippen MR) is 76.0 cm³/mol. The van der Waals surface area contributed by atoms with E-state index in [1.807, 2.05) is 6.92 Å². The third-order valence-electron chi connectivity index (χ3n) is 3.22. The average molecular weight is 303 g/mol. The van der Waals surface area contributed by atoms with Crippen molar-refractivity contribution in [1.82, 2.24) is 25.1 Å². The summed E-state index contributed by atoms with van der Waals surface area (Å²) in [6.45, 7) is 2.97. The highest BCUT2D eigenvalue weighted by molar-refractivity contribution is 7.99. The van der Waals surface area contributed by atoms with Crippen LogP contribution >= 0.6 is 11.8 Å². The predicted octanol–water partition coefficient (Wildman–Crippen LogP) is 1.08. The van der Waals surface area contributed by atoms with Crippen molar-refractivity contribution in [2.45, 2.75) is 18.6 Å². The molecule has 0 saturated carbocycles. The van der Waals surface area contributed by atoms with E-state index in [1.165, 1.54) is 16.7 Å². The Morgan fingerprint density at radius 1 is 1.14 bits per heavy atom. The fourth-order valence-corrected chi connectivity index (χ4v) is 3.03. The van der Waals surface area contributed by atoms with Gasteiger partial charge in [0.25, 0.3) is 11.8 Å². The number of hydrogen-bond donors (Lipinski definition) is 0. The topological polar surface area (TPSA) is 81.0 Å². The zero-order valence-electron chi connectivity index (χ0n) is 11.4. The summed E-state index contributed by atoms with van der Waals surface area (Å²) in [7, 11) is 0. The Morgan fingerprint density at radius 2 is 1.81 bits per heavy atom. The average Bonchev–Trinajstić information content (AvgIpc) is 3.06. The van der Waals surface area contributed by atoms with Crippen LogP contribution in [0.25, 0.3) is 0 Å². The first-order valence-corrected chi connectivity index (χ1v) is 7.55. The minimum Gasteiger partial charge on any atom is -0.273 e. The van der Waals surface area contributed by atoms with E-state index in [2.05, 4.69) is 15.5 Å². The molecule has 0 spiro atoms. The van der Waals surface area contributed by atoms with Crippen LogP contribution in [0.1, 0.15) is 27.6 Å². The lowest BCUT2D eigenvalue weighted by Gasteiger charge is -2.12. The maximum Gasteiger partial charge on any atom is 0.261 e. The highest BCUT2D eigenvalue weighted by Gasteiger charge is 2.34. The van der Waals surface area contributed by atoms with Crippen molar-refractivity contribution < 1.29 is 9.59 Å². The third-order valence-corrected chi connectivity index (χ3v) is 4.16. The molecule has 1 aromatic heterocycles. The molecular formula is C13H13N5O2S. The van der Waals surface area contributed by atoms with Crippen LogP contribution in [0.4, 0.5) is 0 Å². The van der Waals surface area contributed by atoms with Gasteiger partial charge in [0, 0.05) is 18.8 Å². The molecule has 2 heterocycles. The van der Waals surface area contributed by atoms with Crippen LogP contribution in [0, 0.1) is 0 Å². The number of tetrazole rings is 1. The summed E-state index contributed by atoms with van der Waals surface area (Å²) in [5, 5.41) is 12.0. The Kier molecular flexibility index (Phi) is 3.70. The highest BCUT2D eigenvalue weighted by atomic mass is 32.2. The lowest BCUT2D eigenvalue weighted by molar-refractivity contribution is 0.0664. The van der Waals surface area contributed by atoms with Gasteiger partial charge in [-0.2, -0.15) is 0 Å². The van der Waals surface area contributed by atoms with Gasteiger partial charge in [-0.1, -0.05) is 23.9 Å². The van der Waals surface area contributed by atoms with Crippen molar-refractivity contribution in [3.05, 3.63) is 35.4 Å². The van der Waals surface area contributed by atoms with Crippen LogP contribution in [0.5, 0.6) is 0 Å². The van der Waals surface area contributed by atoms with Gasteiger partial charge in [0.1, 0.15) is 0 Å². The van der Waals surface area contributed by atoms with Crippen LogP contribution in [0.15, 0.2) is 29.4 Å². The SMILES string of the molecule is CCn1nnnc1SCCN1C(=O)c2ccccc2C1=O. The zero-order chi connectivity index (χ0) is 14.8. The summed E-state index contributed by atoms with van der Waals surface area (Å²) in [4.78, 5) is 25.6. The van der Waals surface area contributed by atoms with E-state index in [4.69, 9.17) is 0 Å². The first-order valence-electron chi connectivity index (χ1n) is 6.56. The van der Waals surface area contributed by atoms with Gasteiger partial charge in [0.15, 0.2) is 0 Å². The summed E-state index contributed by atoms with van der Waals surface area (Å²) in [5.41, 5.74) is 0.955. The van der Waals surface area contributed by atoms with Crippen molar-refractivity contribution in [3.63, 3.8) is 0 Å². The van der Waals surface area contributed by atoms with E-state index in [-0.39, 0.29) is 11.8 Å². The largest absolute Gasteiger partial charge is 0.273 e. The van der Waals surface area contributed by atoms with Crippen LogP contribution in [0.2, 0.25) is 0 Å². The van der Waals surface area contributed by atoms with Gasteiger partial charge in [-0.05, 0) is 29.5 Å². The van der Waals surface area contributed by atoms with Crippen molar-refractivity contribution in [2.24, 2.45) is 0 Å². The van der Waals surface area contributed by atoms with Gasteiger partial charge < -0.3 is 0 Å². The number of amides is 2. The summed E-state index contributed by atoms with van der Waals surface area (Å²) in [5.74, 6) is 0.101. The van der Waals surface area contributed by atoms with Gasteiger partial charge in [-0.25, -0.2) is 4.68 Å². The quantitative estimate of drug-likeness (QED) is 0.607. The number of aryl methyl sites for hydroxylation is 1. The highest BCUT2D eigenvalue weighted by Crippen LogP contribution is 2.23. The molecule has 0 aliphatic carbocycles. The van der Waals surface area contributed by atoms with Gasteiger partial charge in [-0.15, -0.1) is 5.10 Å². The number of imide groups is 1. The monoisotopic (exact) mass is 303 g/mol. The van der Waals surface area contributed by atoms with Gasteiger partial charge in [0.2, 0.25) is 5.16 Å². The maximum atomic E-state index is 12.2. The number of carbonyl (C=O) groups is 2. The Hall–Kier alpha value is -2.22. The molecule has 0 radical (unpaired) electrons. The van der Waals surface area contributed by atoms with Crippen molar-refractivity contribution in [2.75, 3.05) is 12.3 Å². The Morgan fingerprint density at radius 3 is 2.43 bits per heavy atom. The minimum atomic E-state index is -0.230. The molecule has 2 aromatic rings. The minimum absolute atomic E-state index is 0.230. The second kappa shape index (κ2) is 5.65. The number of nitrogens with zero attached hydrogens (tertiary/aromatic N) is 5. The Labute approximate surface area is 125 Å². The van der Waals surface area contributed by atoms with Crippen molar-refractivity contribution in [3.8, 4) is 0 Å². The van der Waals surface area contributed by atoms with E-state index in [1.54, 1.807) is 28.9 Å². The van der Waals surface area contributed by atoms with E-state index in [0.29, 0.717) is 35.1 Å². The summed E-state index contributed by atoms with van der Waals surface area (Å²) in [6, 6.07) is 6.88. The van der Waals surface area contributed by atoms with E-state index >= 15 is 0 Å². The van der Waals surface area contributed by atoms with E-state index in [9.17, 15) is 9.59 Å². The van der Waals surface area contributed by atoms with Crippen LogP contribution in [-0.4, -0.2) is 49.2 Å². The lowest BCUT2D eigenvalue weighted by Crippen LogP contribution is -2.31. The molecule has 108 valence electrons. The first-order chi connectivity index (χ1) is 10.2. The number of thioether (sulfide) groups is 1. The Balaban J connectivity index is 1.65. The smallest absolute Gasteiger partial charge is 0.261 e. The molecule has 0 saturated heterocycles. The van der Waals surface area contributed by atoms with Crippen LogP contribution in [-0.2, 0) is 6.54 Å². The normalized spacial score (nSPS) is 13.9. The molecule has 7 nitrogen and oxygen atoms in total. The molecule has 0 bridgehead atoms. The summed E-state index contributed by atoms with van der Waals surface area (Å²) in [6.07, 6.45) is 0. The fraction of sp³-hybridized carbons (Fsp3) is 0.308. The molecule has 1 aliphatic rings. The molecule has 8 heteroatoms. The molecule has 0 unspecified atom stereocenters. The number of fused-ring (bicyclic) bond motifs is 1. The zero-order valence-corrected chi connectivity index (χ0v) is 12.2. The number of hydrogen-bond acceptors (Lipinski definition) is 6. The molecule has 21 heavy (non-hydrogen) atoms. The van der Waals surface area contributed by atoms with Crippen LogP contribution in [0.3, 0.4) is 0 Å². The van der Waals surface area contributed by atoms with Crippen molar-refractivity contribution >= 4 is 23.6 Å². The van der Waals surface area contributed by atoms with Gasteiger partial charge in [-0.3, -0.25) is 14.5 Å². The molecule has 2 amide bonds. The molecule has 0 fully saturated rings. The second-order valence-electron chi connectivity index (χ2n) is 4.43. The number of rotatable bonds is 5. The Bertz CT molecular complexity index is 664. The molecule has 3 rings (SSSR count). The number of benzene rings is 1. The summed E-state index contributed by atoms with van der Waals surface area (Å²) >= 11 is 1.43. The second-order valence-corrected chi connectivity index (χ2v) is 5.50. The van der Waals surface area contributed by atoms with Crippen molar-refractivity contribution in [1.29, 1.82) is 0 Å². The van der Waals surface area contributed by atoms with Gasteiger partial charge >= 0.3 is 0 Å². The van der Waals surface area contributed by atoms with E-state index in [0.717, 1.165) is 0 Å². The molecule has 0 N–H and O–H groups in total. The fourth-order valence-electron chi connectivity index (χ4n) is 2.17. The molecule has 1 aliphatic heterocycles. The van der Waals surface area contributed by atoms with Crippen LogP contribution < -0.4 is 0 Å². The first kappa shape index (κ1) is 13.7. The molecular weight excluding hydrogens is 290 g/mol. The number of carbonyl (C=O) groups excluding carboxylic acids is 2. The summed E-state index contributed by atoms with van der Waals surface area (Å²) < 4.78 is 1.67. The van der Waals surface area contributed by atoms with Gasteiger partial charge in [0.05, 0.1) is 11.1 Å². The maximum absolute atomic E-state index is 12.2. The molecule has 1 aromatic carbocycles. The van der Waals surface area contributed by atoms with E-state index < -0.39 is 0 Å². The number of aromatic nitrogens is 4. The third kappa shape index (κ3) is 2.42. The molecule has 0 atom stereocenters. The lowest BCUT2D eigenvalue weighted by atomic mass is 10.1. The standard InChI is InChI=1S/C13H13N5O2S/c1-2-18-13(14-15-16-18)21-8-7-17-11(19)9-5-3-4-6-10(9)12(17)20/h3-6H,2,7-8H2,1H3.